The van der Waals surface area contributed by atoms with Gasteiger partial charge in [0.05, 0.1) is 0 Å². The van der Waals surface area contributed by atoms with Gasteiger partial charge in [0, 0.05) is 16.1 Å². The summed E-state index contributed by atoms with van der Waals surface area (Å²) in [4.78, 5) is 0. The molecule has 0 unspecified atom stereocenters. The summed E-state index contributed by atoms with van der Waals surface area (Å²) in [5.41, 5.74) is 6.69. The summed E-state index contributed by atoms with van der Waals surface area (Å²) in [6, 6.07) is 15.6. The van der Waals surface area contributed by atoms with Crippen LogP contribution in [0.25, 0.3) is 16.5 Å². The van der Waals surface area contributed by atoms with Crippen LogP contribution in [0.3, 0.4) is 0 Å². The fourth-order valence-corrected chi connectivity index (χ4v) is 1.41. The van der Waals surface area contributed by atoms with Crippen LogP contribution in [0.2, 0.25) is 12.6 Å². The zero-order valence-electron chi connectivity index (χ0n) is 13.7. The molecule has 2 N–H and O–H groups in total. The van der Waals surface area contributed by atoms with Crippen LogP contribution >= 0.6 is 18.6 Å². The first-order chi connectivity index (χ1) is 10.3. The van der Waals surface area contributed by atoms with E-state index in [0.29, 0.717) is 6.61 Å². The topological polar surface area (TPSA) is 44.0 Å². The van der Waals surface area contributed by atoms with Gasteiger partial charge in [-0.2, -0.15) is 17.5 Å². The Morgan fingerprint density at radius 2 is 1.73 bits per heavy atom. The van der Waals surface area contributed by atoms with E-state index in [9.17, 15) is 0 Å². The van der Waals surface area contributed by atoms with Crippen LogP contribution in [0, 0.1) is 0 Å². The fraction of sp³-hybridized carbons (Fsp3) is 0.438. The maximum Gasteiger partial charge on any atom is -0.0809 e. The standard InChI is InChI=1S/C9H7.C4H10N.C3H8OSi.2ClH.Ti/c1-2-5-9-7-3-6-8(9)4-1;1-4(2,3)5;1-5-3-2-4;;;/h1-7H;5H,1-3H3;4H,2-3H2,1H3;2*1H;/q2*-1;;;;+2/p-2. The van der Waals surface area contributed by atoms with E-state index in [2.05, 4.69) is 49.0 Å². The molecule has 2 nitrogen and oxygen atoms in total. The number of aliphatic hydroxyl groups excluding tert-OH is 1. The summed E-state index contributed by atoms with van der Waals surface area (Å²) < 4.78 is 0. The third-order valence-electron chi connectivity index (χ3n) is 1.91. The molecule has 0 aliphatic heterocycles. The molecule has 2 aromatic carbocycles. The number of benzene rings is 1. The maximum absolute atomic E-state index is 8.07. The van der Waals surface area contributed by atoms with Crippen molar-refractivity contribution >= 4 is 38.9 Å². The Morgan fingerprint density at radius 3 is 2.09 bits per heavy atom. The number of fused-ring (bicyclic) bond motifs is 1. The van der Waals surface area contributed by atoms with Gasteiger partial charge in [-0.25, -0.2) is 0 Å². The van der Waals surface area contributed by atoms with Crippen molar-refractivity contribution in [2.24, 2.45) is 0 Å². The third-order valence-corrected chi connectivity index (χ3v) is 2.63. The normalized spacial score (nSPS) is 9.45. The molecule has 0 amide bonds. The second-order valence-electron chi connectivity index (χ2n) is 5.30. The Balaban J connectivity index is 0. The first-order valence-electron chi connectivity index (χ1n) is 6.87. The maximum atomic E-state index is 8.07. The Bertz CT molecular complexity index is 422. The van der Waals surface area contributed by atoms with E-state index in [1.807, 2.05) is 20.8 Å². The summed E-state index contributed by atoms with van der Waals surface area (Å²) in [7, 11) is 10.7. The molecule has 0 saturated heterocycles. The summed E-state index contributed by atoms with van der Waals surface area (Å²) in [6.07, 6.45) is 0. The Morgan fingerprint density at radius 1 is 1.23 bits per heavy atom. The molecule has 0 fully saturated rings. The summed E-state index contributed by atoms with van der Waals surface area (Å²) in [5.74, 6) is 0. The fourth-order valence-electron chi connectivity index (χ4n) is 1.18. The van der Waals surface area contributed by atoms with Gasteiger partial charge in [0.1, 0.15) is 0 Å². The molecule has 2 aromatic rings. The second-order valence-corrected chi connectivity index (χ2v) is 9.09. The zero-order chi connectivity index (χ0) is 17.4. The molecule has 0 aliphatic rings. The molecular formula is C16H25Cl2NOSiTi-2. The van der Waals surface area contributed by atoms with E-state index in [1.54, 1.807) is 0 Å². The average Bonchev–Trinajstić information content (AvgIpc) is 2.87. The third kappa shape index (κ3) is 20.3. The van der Waals surface area contributed by atoms with Crippen LogP contribution in [0.1, 0.15) is 20.8 Å². The first kappa shape index (κ1) is 24.5. The minimum absolute atomic E-state index is 0.250. The molecular weight excluding hydrogens is 369 g/mol. The van der Waals surface area contributed by atoms with Crippen LogP contribution in [0.4, 0.5) is 0 Å². The molecule has 0 heterocycles. The van der Waals surface area contributed by atoms with E-state index in [4.69, 9.17) is 29.5 Å². The van der Waals surface area contributed by atoms with Gasteiger partial charge in [-0.05, 0) is 6.04 Å². The van der Waals surface area contributed by atoms with Crippen molar-refractivity contribution in [2.75, 3.05) is 6.61 Å². The van der Waals surface area contributed by atoms with Gasteiger partial charge >= 0.3 is 35.6 Å². The van der Waals surface area contributed by atoms with Crippen LogP contribution in [-0.4, -0.2) is 26.8 Å². The van der Waals surface area contributed by atoms with Crippen molar-refractivity contribution in [1.82, 2.24) is 0 Å². The van der Waals surface area contributed by atoms with Crippen molar-refractivity contribution in [1.29, 1.82) is 0 Å². The number of rotatable bonds is 2. The van der Waals surface area contributed by atoms with Gasteiger partial charge in [-0.1, -0.05) is 33.4 Å². The van der Waals surface area contributed by atoms with Crippen molar-refractivity contribution in [3.63, 3.8) is 0 Å². The zero-order valence-corrected chi connectivity index (χ0v) is 17.7. The summed E-state index contributed by atoms with van der Waals surface area (Å²) in [5, 5.41) is 10.7. The Hall–Kier alpha value is 0.261. The molecule has 6 heteroatoms. The second kappa shape index (κ2) is 16.1. The minimum atomic E-state index is -0.556. The first-order valence-corrected chi connectivity index (χ1v) is 12.9. The minimum Gasteiger partial charge on any atom is -0.168 e. The predicted molar refractivity (Wildman–Crippen MR) is 98.8 cm³/mol. The monoisotopic (exact) mass is 393 g/mol. The Kier molecular flexibility index (Phi) is 18.0. The van der Waals surface area contributed by atoms with Gasteiger partial charge in [-0.3, -0.25) is 0 Å². The number of hydrogen-bond donors (Lipinski definition) is 1. The largest absolute Gasteiger partial charge is 0.168 e. The van der Waals surface area contributed by atoms with E-state index in [1.165, 1.54) is 10.8 Å². The Labute approximate surface area is 154 Å². The van der Waals surface area contributed by atoms with Crippen molar-refractivity contribution in [2.45, 2.75) is 38.9 Å². The van der Waals surface area contributed by atoms with Crippen LogP contribution < -0.4 is 0 Å². The molecule has 0 spiro atoms. The molecule has 0 atom stereocenters. The number of halogens is 2. The smallest absolute Gasteiger partial charge is 0.0809 e. The molecule has 0 aliphatic carbocycles. The van der Waals surface area contributed by atoms with Crippen LogP contribution in [0.15, 0.2) is 42.5 Å². The molecule has 0 bridgehead atoms. The summed E-state index contributed by atoms with van der Waals surface area (Å²) in [6.45, 7) is 8.00. The molecule has 2 radical (unpaired) electrons. The van der Waals surface area contributed by atoms with E-state index in [-0.39, 0.29) is 5.54 Å². The van der Waals surface area contributed by atoms with Gasteiger partial charge in [0.25, 0.3) is 0 Å². The molecule has 2 rings (SSSR count). The van der Waals surface area contributed by atoms with Crippen LogP contribution in [-0.2, 0) is 17.0 Å². The summed E-state index contributed by atoms with van der Waals surface area (Å²) >= 11 is -0.556. The van der Waals surface area contributed by atoms with E-state index >= 15 is 0 Å². The van der Waals surface area contributed by atoms with Crippen LogP contribution in [0.5, 0.6) is 0 Å². The van der Waals surface area contributed by atoms with Gasteiger partial charge < -0.3 is 10.8 Å². The van der Waals surface area contributed by atoms with E-state index in [0.717, 1.165) is 15.6 Å². The van der Waals surface area contributed by atoms with Gasteiger partial charge in [-0.15, -0.1) is 35.2 Å². The SMILES string of the molecule is CC(C)(C)[NH-].C[Si]CCO.[Cl][Ti][Cl].c1ccc2[cH-]ccc2c1. The van der Waals surface area contributed by atoms with Gasteiger partial charge in [0.15, 0.2) is 0 Å². The molecule has 0 aromatic heterocycles. The number of hydrogen-bond acceptors (Lipinski definition) is 1. The molecule has 124 valence electrons. The quantitative estimate of drug-likeness (QED) is 0.499. The number of aliphatic hydroxyl groups is 1. The average molecular weight is 394 g/mol. The van der Waals surface area contributed by atoms with Crippen molar-refractivity contribution < 1.29 is 22.1 Å². The van der Waals surface area contributed by atoms with Crippen molar-refractivity contribution in [3.05, 3.63) is 48.2 Å². The van der Waals surface area contributed by atoms with Crippen molar-refractivity contribution in [3.8, 4) is 0 Å². The molecule has 0 saturated carbocycles. The number of nitrogens with one attached hydrogen (secondary N) is 1. The predicted octanol–water partition coefficient (Wildman–Crippen LogP) is 5.92. The molecule has 22 heavy (non-hydrogen) atoms. The van der Waals surface area contributed by atoms with Gasteiger partial charge in [0.2, 0.25) is 0 Å². The van der Waals surface area contributed by atoms with E-state index < -0.39 is 17.0 Å².